The Kier molecular flexibility index (Phi) is 3.06. The van der Waals surface area contributed by atoms with Crippen LogP contribution in [0.25, 0.3) is 0 Å². The summed E-state index contributed by atoms with van der Waals surface area (Å²) in [6.45, 7) is 0.0843. The summed E-state index contributed by atoms with van der Waals surface area (Å²) in [5, 5.41) is 8.96. The lowest BCUT2D eigenvalue weighted by Crippen LogP contribution is -2.44. The van der Waals surface area contributed by atoms with Gasteiger partial charge in [0, 0.05) is 0 Å². The van der Waals surface area contributed by atoms with Crippen LogP contribution >= 0.6 is 0 Å². The van der Waals surface area contributed by atoms with E-state index in [9.17, 15) is 9.59 Å². The number of hydrogen-bond donors (Lipinski definition) is 1. The highest BCUT2D eigenvalue weighted by atomic mass is 16.6. The lowest BCUT2D eigenvalue weighted by Gasteiger charge is -2.20. The van der Waals surface area contributed by atoms with E-state index in [4.69, 9.17) is 5.11 Å². The zero-order valence-corrected chi connectivity index (χ0v) is 5.61. The Bertz CT molecular complexity index is 197. The highest BCUT2D eigenvalue weighted by Gasteiger charge is 2.36. The molecule has 0 aromatic heterocycles. The van der Waals surface area contributed by atoms with Gasteiger partial charge in [0.25, 0.3) is 5.79 Å². The Labute approximate surface area is 62.6 Å². The van der Waals surface area contributed by atoms with E-state index in [0.717, 1.165) is 6.08 Å². The predicted octanol–water partition coefficient (Wildman–Crippen LogP) is -1.80. The summed E-state index contributed by atoms with van der Waals surface area (Å²) in [6, 6.07) is 0. The van der Waals surface area contributed by atoms with Crippen LogP contribution in [0.15, 0.2) is 12.2 Å². The highest BCUT2D eigenvalue weighted by molar-refractivity contribution is 6.06. The van der Waals surface area contributed by atoms with Gasteiger partial charge in [0.15, 0.2) is 6.29 Å². The smallest absolute Gasteiger partial charge is 0.289 e. The molecule has 0 fully saturated rings. The maximum Gasteiger partial charge on any atom is 0.289 e. The van der Waals surface area contributed by atoms with Crippen LogP contribution in [0, 0.1) is 0 Å². The second-order valence-electron chi connectivity index (χ2n) is 1.89. The summed E-state index contributed by atoms with van der Waals surface area (Å²) in [5.74, 6) is -2.96. The van der Waals surface area contributed by atoms with Crippen LogP contribution in [0.2, 0.25) is 0 Å². The number of ether oxygens (including phenoxy) is 1. The van der Waals surface area contributed by atoms with Gasteiger partial charge in [0.2, 0.25) is 5.78 Å². The van der Waals surface area contributed by atoms with Crippen LogP contribution < -0.4 is 0 Å². The Morgan fingerprint density at radius 1 is 1.73 bits per heavy atom. The van der Waals surface area contributed by atoms with Crippen molar-refractivity contribution in [3.05, 3.63) is 12.2 Å². The van der Waals surface area contributed by atoms with Gasteiger partial charge in [-0.3, -0.25) is 9.59 Å². The molecular formula is C6H8O5. The van der Waals surface area contributed by atoms with Crippen molar-refractivity contribution in [3.8, 4) is 0 Å². The average Bonchev–Trinajstić information content (AvgIpc) is 1.96. The molecule has 1 atom stereocenters. The fourth-order valence-electron chi connectivity index (χ4n) is 0.613. The van der Waals surface area contributed by atoms with Crippen LogP contribution in [-0.2, 0) is 14.3 Å². The van der Waals surface area contributed by atoms with Gasteiger partial charge in [-0.15, -0.1) is 0 Å². The summed E-state index contributed by atoms with van der Waals surface area (Å²) >= 11 is 0. The molecule has 62 valence electrons. The molecule has 1 aliphatic heterocycles. The van der Waals surface area contributed by atoms with Crippen LogP contribution in [-0.4, -0.2) is 35.0 Å². The Morgan fingerprint density at radius 2 is 2.36 bits per heavy atom. The molecule has 1 heterocycles. The molecule has 1 rings (SSSR count). The highest BCUT2D eigenvalue weighted by Crippen LogP contribution is 2.10. The number of rotatable bonds is 1. The Balaban J connectivity index is 0.000001000. The van der Waals surface area contributed by atoms with E-state index in [-0.39, 0.29) is 18.4 Å². The van der Waals surface area contributed by atoms with Gasteiger partial charge in [-0.2, -0.15) is 0 Å². The lowest BCUT2D eigenvalue weighted by molar-refractivity contribution is -0.192. The third kappa shape index (κ3) is 1.70. The van der Waals surface area contributed by atoms with E-state index in [0.29, 0.717) is 0 Å². The van der Waals surface area contributed by atoms with Crippen molar-refractivity contribution in [2.75, 3.05) is 6.61 Å². The molecule has 5 nitrogen and oxygen atoms in total. The van der Waals surface area contributed by atoms with Crippen molar-refractivity contribution >= 4 is 12.1 Å². The normalized spacial score (nSPS) is 29.4. The molecule has 5 heteroatoms. The first kappa shape index (κ1) is 9.96. The monoisotopic (exact) mass is 160 g/mol. The summed E-state index contributed by atoms with van der Waals surface area (Å²) in [7, 11) is 0. The first-order valence-electron chi connectivity index (χ1n) is 2.73. The zero-order chi connectivity index (χ0) is 7.61. The van der Waals surface area contributed by atoms with Gasteiger partial charge in [-0.25, -0.2) is 0 Å². The topological polar surface area (TPSA) is 95.1 Å². The maximum absolute atomic E-state index is 10.7. The predicted molar refractivity (Wildman–Crippen MR) is 34.7 cm³/mol. The van der Waals surface area contributed by atoms with E-state index in [2.05, 4.69) is 4.74 Å². The summed E-state index contributed by atoms with van der Waals surface area (Å²) in [6.07, 6.45) is 2.64. The van der Waals surface area contributed by atoms with Gasteiger partial charge in [-0.05, 0) is 6.08 Å². The molecule has 0 saturated carbocycles. The van der Waals surface area contributed by atoms with Crippen molar-refractivity contribution in [1.29, 1.82) is 0 Å². The number of aliphatic hydroxyl groups is 1. The third-order valence-electron chi connectivity index (χ3n) is 1.18. The molecule has 1 unspecified atom stereocenters. The molecule has 0 aromatic rings. The minimum absolute atomic E-state index is 0. The first-order chi connectivity index (χ1) is 4.69. The minimum atomic E-state index is -2.23. The van der Waals surface area contributed by atoms with Crippen LogP contribution in [0.4, 0.5) is 0 Å². The molecule has 0 saturated heterocycles. The first-order valence-corrected chi connectivity index (χ1v) is 2.73. The van der Waals surface area contributed by atoms with Crippen LogP contribution in [0.3, 0.4) is 0 Å². The average molecular weight is 160 g/mol. The lowest BCUT2D eigenvalue weighted by atomic mass is 10.1. The number of carbonyl (C=O) groups excluding carboxylic acids is 2. The van der Waals surface area contributed by atoms with E-state index in [1.807, 2.05) is 0 Å². The van der Waals surface area contributed by atoms with Gasteiger partial charge in [-0.1, -0.05) is 6.08 Å². The van der Waals surface area contributed by atoms with E-state index < -0.39 is 11.6 Å². The third-order valence-corrected chi connectivity index (χ3v) is 1.18. The molecule has 1 aliphatic rings. The van der Waals surface area contributed by atoms with Gasteiger partial charge >= 0.3 is 0 Å². The van der Waals surface area contributed by atoms with Gasteiger partial charge < -0.3 is 15.3 Å². The second kappa shape index (κ2) is 3.38. The summed E-state index contributed by atoms with van der Waals surface area (Å²) in [4.78, 5) is 20.7. The Hall–Kier alpha value is -1.04. The molecule has 0 bridgehead atoms. The fraction of sp³-hybridized carbons (Fsp3) is 0.333. The van der Waals surface area contributed by atoms with Crippen LogP contribution in [0.1, 0.15) is 0 Å². The molecule has 0 spiro atoms. The van der Waals surface area contributed by atoms with E-state index >= 15 is 0 Å². The van der Waals surface area contributed by atoms with Gasteiger partial charge in [0.1, 0.15) is 0 Å². The molecule has 0 amide bonds. The van der Waals surface area contributed by atoms with Crippen molar-refractivity contribution in [2.24, 2.45) is 0 Å². The molecule has 11 heavy (non-hydrogen) atoms. The van der Waals surface area contributed by atoms with Gasteiger partial charge in [0.05, 0.1) is 6.61 Å². The maximum atomic E-state index is 10.7. The van der Waals surface area contributed by atoms with Crippen LogP contribution in [0.5, 0.6) is 0 Å². The number of hydrogen-bond acceptors (Lipinski definition) is 4. The van der Waals surface area contributed by atoms with Crippen molar-refractivity contribution in [3.63, 3.8) is 0 Å². The number of ketones is 1. The van der Waals surface area contributed by atoms with Crippen molar-refractivity contribution in [1.82, 2.24) is 0 Å². The number of aldehydes is 1. The standard InChI is InChI=1S/C6H6O4.H2O/c7-4-6(9)5(8)2-1-3-10-6;/h1-2,4,9H,3H2;1H2. The summed E-state index contributed by atoms with van der Waals surface area (Å²) < 4.78 is 4.48. The molecule has 0 radical (unpaired) electrons. The molecule has 0 aliphatic carbocycles. The minimum Gasteiger partial charge on any atom is -0.412 e. The van der Waals surface area contributed by atoms with Crippen molar-refractivity contribution < 1.29 is 24.9 Å². The largest absolute Gasteiger partial charge is 0.412 e. The quantitative estimate of drug-likeness (QED) is 0.361. The van der Waals surface area contributed by atoms with E-state index in [1.165, 1.54) is 6.08 Å². The molecule has 3 N–H and O–H groups in total. The van der Waals surface area contributed by atoms with Crippen molar-refractivity contribution in [2.45, 2.75) is 5.79 Å². The SMILES string of the molecule is O.O=CC1(O)OCC=CC1=O. The second-order valence-corrected chi connectivity index (χ2v) is 1.89. The zero-order valence-electron chi connectivity index (χ0n) is 5.61. The molecular weight excluding hydrogens is 152 g/mol. The van der Waals surface area contributed by atoms with E-state index in [1.54, 1.807) is 0 Å². The number of carbonyl (C=O) groups is 2. The molecule has 0 aromatic carbocycles. The Morgan fingerprint density at radius 3 is 2.73 bits per heavy atom. The fourth-order valence-corrected chi connectivity index (χ4v) is 0.613. The summed E-state index contributed by atoms with van der Waals surface area (Å²) in [5.41, 5.74) is 0.